The monoisotopic (exact) mass is 311 g/mol. The molecule has 0 amide bonds. The number of aromatic carboxylic acids is 1. The van der Waals surface area contributed by atoms with Gasteiger partial charge >= 0.3 is 5.97 Å². The summed E-state index contributed by atoms with van der Waals surface area (Å²) in [5, 5.41) is 9.08. The van der Waals surface area contributed by atoms with Crippen LogP contribution in [0.1, 0.15) is 42.6 Å². The number of hydrogen-bond acceptors (Lipinski definition) is 3. The third-order valence-corrected chi connectivity index (χ3v) is 6.09. The molecule has 0 bridgehead atoms. The number of hydrogen-bond donors (Lipinski definition) is 1. The maximum atomic E-state index is 12.8. The van der Waals surface area contributed by atoms with Crippen molar-refractivity contribution in [2.45, 2.75) is 38.0 Å². The molecule has 0 aliphatic carbocycles. The Bertz CT molecular complexity index is 639. The van der Waals surface area contributed by atoms with Crippen molar-refractivity contribution in [1.82, 2.24) is 4.31 Å². The quantitative estimate of drug-likeness (QED) is 0.906. The molecule has 1 N–H and O–H groups in total. The van der Waals surface area contributed by atoms with E-state index in [-0.39, 0.29) is 10.5 Å². The van der Waals surface area contributed by atoms with Gasteiger partial charge in [0.2, 0.25) is 10.0 Å². The van der Waals surface area contributed by atoms with Crippen LogP contribution in [-0.2, 0) is 16.4 Å². The van der Waals surface area contributed by atoms with E-state index in [2.05, 4.69) is 6.92 Å². The topological polar surface area (TPSA) is 74.7 Å². The SMILES string of the molecule is CCc1ccc(C(=O)O)cc1S(=O)(=O)N1CCC(CC)C1. The van der Waals surface area contributed by atoms with Crippen LogP contribution in [-0.4, -0.2) is 36.9 Å². The molecule has 1 unspecified atom stereocenters. The standard InChI is InChI=1S/C15H21NO4S/c1-3-11-7-8-16(10-11)21(19,20)14-9-13(15(17)18)6-5-12(14)4-2/h5-6,9,11H,3-4,7-8,10H2,1-2H3,(H,17,18). The van der Waals surface area contributed by atoms with Crippen molar-refractivity contribution in [3.8, 4) is 0 Å². The molecule has 5 nitrogen and oxygen atoms in total. The molecule has 1 atom stereocenters. The van der Waals surface area contributed by atoms with E-state index in [4.69, 9.17) is 5.11 Å². The van der Waals surface area contributed by atoms with E-state index >= 15 is 0 Å². The number of rotatable bonds is 5. The highest BCUT2D eigenvalue weighted by Gasteiger charge is 2.33. The summed E-state index contributed by atoms with van der Waals surface area (Å²) in [4.78, 5) is 11.2. The Hall–Kier alpha value is -1.40. The van der Waals surface area contributed by atoms with Gasteiger partial charge in [0.15, 0.2) is 0 Å². The van der Waals surface area contributed by atoms with Crippen molar-refractivity contribution in [3.05, 3.63) is 29.3 Å². The van der Waals surface area contributed by atoms with Crippen molar-refractivity contribution in [2.75, 3.05) is 13.1 Å². The summed E-state index contributed by atoms with van der Waals surface area (Å²) in [5.41, 5.74) is 0.678. The van der Waals surface area contributed by atoms with Gasteiger partial charge in [-0.1, -0.05) is 26.3 Å². The molecular weight excluding hydrogens is 290 g/mol. The summed E-state index contributed by atoms with van der Waals surface area (Å²) >= 11 is 0. The van der Waals surface area contributed by atoms with Gasteiger partial charge in [-0.15, -0.1) is 0 Å². The van der Waals surface area contributed by atoms with Crippen LogP contribution >= 0.6 is 0 Å². The minimum Gasteiger partial charge on any atom is -0.478 e. The Balaban J connectivity index is 2.43. The average Bonchev–Trinajstić information content (AvgIpc) is 2.96. The van der Waals surface area contributed by atoms with Crippen molar-refractivity contribution in [1.29, 1.82) is 0 Å². The first-order valence-corrected chi connectivity index (χ1v) is 8.70. The van der Waals surface area contributed by atoms with E-state index in [0.717, 1.165) is 12.8 Å². The molecular formula is C15H21NO4S. The maximum Gasteiger partial charge on any atom is 0.335 e. The Kier molecular flexibility index (Phi) is 4.68. The number of sulfonamides is 1. The van der Waals surface area contributed by atoms with Gasteiger partial charge < -0.3 is 5.11 Å². The lowest BCUT2D eigenvalue weighted by Crippen LogP contribution is -2.29. The molecule has 1 heterocycles. The second-order valence-electron chi connectivity index (χ2n) is 5.41. The normalized spacial score (nSPS) is 19.8. The molecule has 2 rings (SSSR count). The van der Waals surface area contributed by atoms with Gasteiger partial charge in [-0.2, -0.15) is 4.31 Å². The Morgan fingerprint density at radius 1 is 1.38 bits per heavy atom. The zero-order valence-electron chi connectivity index (χ0n) is 12.4. The molecule has 116 valence electrons. The third kappa shape index (κ3) is 3.11. The van der Waals surface area contributed by atoms with Crippen LogP contribution in [0, 0.1) is 5.92 Å². The number of carboxylic acid groups (broad SMARTS) is 1. The predicted octanol–water partition coefficient (Wildman–Crippen LogP) is 2.37. The minimum absolute atomic E-state index is 0.0111. The van der Waals surface area contributed by atoms with Crippen LogP contribution in [0.4, 0.5) is 0 Å². The van der Waals surface area contributed by atoms with E-state index in [1.54, 1.807) is 6.07 Å². The van der Waals surface area contributed by atoms with E-state index in [1.165, 1.54) is 16.4 Å². The van der Waals surface area contributed by atoms with Gasteiger partial charge in [-0.3, -0.25) is 0 Å². The smallest absolute Gasteiger partial charge is 0.335 e. The first-order valence-electron chi connectivity index (χ1n) is 7.26. The lowest BCUT2D eigenvalue weighted by atomic mass is 10.1. The summed E-state index contributed by atoms with van der Waals surface area (Å²) in [7, 11) is -3.61. The first kappa shape index (κ1) is 16.0. The molecule has 0 radical (unpaired) electrons. The molecule has 0 spiro atoms. The zero-order valence-corrected chi connectivity index (χ0v) is 13.2. The fraction of sp³-hybridized carbons (Fsp3) is 0.533. The van der Waals surface area contributed by atoms with Gasteiger partial charge in [0, 0.05) is 13.1 Å². The summed E-state index contributed by atoms with van der Waals surface area (Å²) in [5.74, 6) is -0.713. The predicted molar refractivity (Wildman–Crippen MR) is 79.9 cm³/mol. The highest BCUT2D eigenvalue weighted by Crippen LogP contribution is 2.28. The van der Waals surface area contributed by atoms with Crippen LogP contribution in [0.3, 0.4) is 0 Å². The second-order valence-corrected chi connectivity index (χ2v) is 7.31. The van der Waals surface area contributed by atoms with Crippen LogP contribution in [0.25, 0.3) is 0 Å². The maximum absolute atomic E-state index is 12.8. The minimum atomic E-state index is -3.61. The largest absolute Gasteiger partial charge is 0.478 e. The van der Waals surface area contributed by atoms with Gasteiger partial charge in [0.05, 0.1) is 10.5 Å². The van der Waals surface area contributed by atoms with Crippen LogP contribution < -0.4 is 0 Å². The fourth-order valence-corrected chi connectivity index (χ4v) is 4.56. The lowest BCUT2D eigenvalue weighted by Gasteiger charge is -2.19. The number of benzene rings is 1. The van der Waals surface area contributed by atoms with Crippen LogP contribution in [0.2, 0.25) is 0 Å². The molecule has 1 aliphatic rings. The zero-order chi connectivity index (χ0) is 15.6. The molecule has 1 saturated heterocycles. The second kappa shape index (κ2) is 6.15. The molecule has 1 aromatic rings. The Labute approximate surface area is 125 Å². The fourth-order valence-electron chi connectivity index (χ4n) is 2.71. The average molecular weight is 311 g/mol. The van der Waals surface area contributed by atoms with E-state index in [0.29, 0.717) is 31.0 Å². The summed E-state index contributed by atoms with van der Waals surface area (Å²) < 4.78 is 27.1. The molecule has 21 heavy (non-hydrogen) atoms. The van der Waals surface area contributed by atoms with E-state index in [9.17, 15) is 13.2 Å². The molecule has 1 aromatic carbocycles. The first-order chi connectivity index (χ1) is 9.90. The molecule has 0 saturated carbocycles. The molecule has 6 heteroatoms. The summed E-state index contributed by atoms with van der Waals surface area (Å²) in [6.07, 6.45) is 2.39. The number of aryl methyl sites for hydroxylation is 1. The van der Waals surface area contributed by atoms with Gasteiger partial charge in [0.25, 0.3) is 0 Å². The van der Waals surface area contributed by atoms with Crippen molar-refractivity contribution < 1.29 is 18.3 Å². The summed E-state index contributed by atoms with van der Waals surface area (Å²) in [6, 6.07) is 4.35. The van der Waals surface area contributed by atoms with Crippen molar-refractivity contribution >= 4 is 16.0 Å². The van der Waals surface area contributed by atoms with Gasteiger partial charge in [-0.25, -0.2) is 13.2 Å². The van der Waals surface area contributed by atoms with Crippen molar-refractivity contribution in [3.63, 3.8) is 0 Å². The van der Waals surface area contributed by atoms with Crippen LogP contribution in [0.5, 0.6) is 0 Å². The Morgan fingerprint density at radius 2 is 2.10 bits per heavy atom. The van der Waals surface area contributed by atoms with Gasteiger partial charge in [-0.05, 0) is 36.5 Å². The summed E-state index contributed by atoms with van der Waals surface area (Å²) in [6.45, 7) is 4.97. The van der Waals surface area contributed by atoms with Crippen LogP contribution in [0.15, 0.2) is 23.1 Å². The highest BCUT2D eigenvalue weighted by atomic mass is 32.2. The molecule has 0 aromatic heterocycles. The third-order valence-electron chi connectivity index (χ3n) is 4.14. The Morgan fingerprint density at radius 3 is 2.62 bits per heavy atom. The van der Waals surface area contributed by atoms with Gasteiger partial charge in [0.1, 0.15) is 0 Å². The van der Waals surface area contributed by atoms with E-state index < -0.39 is 16.0 Å². The molecule has 1 aliphatic heterocycles. The lowest BCUT2D eigenvalue weighted by molar-refractivity contribution is 0.0696. The molecule has 1 fully saturated rings. The number of carbonyl (C=O) groups is 1. The van der Waals surface area contributed by atoms with E-state index in [1.807, 2.05) is 6.92 Å². The van der Waals surface area contributed by atoms with Crippen molar-refractivity contribution in [2.24, 2.45) is 5.92 Å². The number of carboxylic acids is 1. The highest BCUT2D eigenvalue weighted by molar-refractivity contribution is 7.89. The number of nitrogens with zero attached hydrogens (tertiary/aromatic N) is 1.